The summed E-state index contributed by atoms with van der Waals surface area (Å²) in [6.07, 6.45) is 0.573. The van der Waals surface area contributed by atoms with Crippen LogP contribution in [0.15, 0.2) is 42.5 Å². The van der Waals surface area contributed by atoms with Gasteiger partial charge < -0.3 is 19.3 Å². The molecule has 0 saturated carbocycles. The standard InChI is InChI=1S/C25H31B4N3O5/c26-20-12-31(24(27)25(28,29)37-20)10-14-4-6-15(7-5-14)13-36-19-3-1-2-16-17(19)11-32(23(16)35)18-8-9-21(33)30-22(18)34/h1-7,18,20,24H,8-13,26-29H2,(H,30,33,34). The number of hydrogen-bond donors (Lipinski definition) is 1. The highest BCUT2D eigenvalue weighted by Gasteiger charge is 2.40. The molecular weight excluding hydrogens is 466 g/mol. The van der Waals surface area contributed by atoms with E-state index < -0.39 is 11.9 Å². The lowest BCUT2D eigenvalue weighted by Gasteiger charge is -2.48. The summed E-state index contributed by atoms with van der Waals surface area (Å²) in [6, 6.07) is 13.4. The molecule has 2 aromatic rings. The Morgan fingerprint density at radius 2 is 1.78 bits per heavy atom. The minimum absolute atomic E-state index is 0.184. The number of amides is 3. The van der Waals surface area contributed by atoms with E-state index in [2.05, 4.69) is 65.9 Å². The molecule has 37 heavy (non-hydrogen) atoms. The summed E-state index contributed by atoms with van der Waals surface area (Å²) < 4.78 is 12.3. The maximum atomic E-state index is 13.0. The number of carbonyl (C=O) groups excluding carboxylic acids is 3. The molecule has 5 rings (SSSR count). The molecule has 2 aromatic carbocycles. The van der Waals surface area contributed by atoms with E-state index in [4.69, 9.17) is 9.47 Å². The third kappa shape index (κ3) is 5.22. The van der Waals surface area contributed by atoms with Crippen LogP contribution in [0.4, 0.5) is 0 Å². The zero-order chi connectivity index (χ0) is 26.3. The number of morpholine rings is 1. The van der Waals surface area contributed by atoms with Crippen LogP contribution in [-0.2, 0) is 34.0 Å². The van der Waals surface area contributed by atoms with E-state index in [0.29, 0.717) is 36.8 Å². The molecule has 2 saturated heterocycles. The number of nitrogens with zero attached hydrogens (tertiary/aromatic N) is 2. The van der Waals surface area contributed by atoms with Crippen LogP contribution in [0.3, 0.4) is 0 Å². The van der Waals surface area contributed by atoms with Gasteiger partial charge in [-0.25, -0.2) is 0 Å². The van der Waals surface area contributed by atoms with Crippen molar-refractivity contribution in [1.82, 2.24) is 15.1 Å². The summed E-state index contributed by atoms with van der Waals surface area (Å²) in [7, 11) is 8.65. The fraction of sp³-hybridized carbons (Fsp3) is 0.400. The second kappa shape index (κ2) is 10.1. The Bertz CT molecular complexity index is 1230. The van der Waals surface area contributed by atoms with Crippen LogP contribution in [0.2, 0.25) is 0 Å². The van der Waals surface area contributed by atoms with E-state index in [0.717, 1.165) is 24.2 Å². The molecule has 3 amide bonds. The van der Waals surface area contributed by atoms with Crippen molar-refractivity contribution in [1.29, 1.82) is 0 Å². The maximum absolute atomic E-state index is 13.0. The minimum atomic E-state index is -0.638. The molecule has 188 valence electrons. The van der Waals surface area contributed by atoms with E-state index in [-0.39, 0.29) is 29.6 Å². The molecule has 3 aliphatic heterocycles. The number of hydrogen-bond acceptors (Lipinski definition) is 6. The number of benzene rings is 2. The maximum Gasteiger partial charge on any atom is 0.255 e. The van der Waals surface area contributed by atoms with Crippen LogP contribution < -0.4 is 10.1 Å². The van der Waals surface area contributed by atoms with Gasteiger partial charge in [-0.1, -0.05) is 30.3 Å². The van der Waals surface area contributed by atoms with Crippen molar-refractivity contribution in [3.63, 3.8) is 0 Å². The number of fused-ring (bicyclic) bond motifs is 1. The summed E-state index contributed by atoms with van der Waals surface area (Å²) in [4.78, 5) is 40.9. The quantitative estimate of drug-likeness (QED) is 0.357. The number of carbonyl (C=O) groups is 3. The van der Waals surface area contributed by atoms with Crippen LogP contribution in [0, 0.1) is 0 Å². The van der Waals surface area contributed by atoms with E-state index >= 15 is 0 Å². The molecule has 12 heteroatoms. The Hall–Kier alpha value is -2.97. The van der Waals surface area contributed by atoms with Gasteiger partial charge in [0.25, 0.3) is 5.91 Å². The molecule has 0 bridgehead atoms. The van der Waals surface area contributed by atoms with Crippen LogP contribution in [0.25, 0.3) is 0 Å². The molecule has 0 aromatic heterocycles. The topological polar surface area (TPSA) is 88.2 Å². The first kappa shape index (κ1) is 25.7. The summed E-state index contributed by atoms with van der Waals surface area (Å²) in [5, 5.41) is 2.16. The molecule has 3 heterocycles. The third-order valence-electron chi connectivity index (χ3n) is 7.89. The van der Waals surface area contributed by atoms with Crippen molar-refractivity contribution in [2.24, 2.45) is 0 Å². The second-order valence-electron chi connectivity index (χ2n) is 10.9. The van der Waals surface area contributed by atoms with Gasteiger partial charge in [0.05, 0.1) is 6.54 Å². The average molecular weight is 497 g/mol. The summed E-state index contributed by atoms with van der Waals surface area (Å²) in [5.41, 5.74) is 3.61. The van der Waals surface area contributed by atoms with E-state index in [1.165, 1.54) is 5.56 Å². The number of nitrogens with one attached hydrogen (secondary N) is 1. The van der Waals surface area contributed by atoms with E-state index in [9.17, 15) is 14.4 Å². The molecule has 3 unspecified atom stereocenters. The first-order chi connectivity index (χ1) is 17.6. The van der Waals surface area contributed by atoms with Gasteiger partial charge in [-0.3, -0.25) is 19.7 Å². The van der Waals surface area contributed by atoms with Gasteiger partial charge in [-0.05, 0) is 35.6 Å². The van der Waals surface area contributed by atoms with Gasteiger partial charge >= 0.3 is 0 Å². The first-order valence-corrected chi connectivity index (χ1v) is 13.0. The fourth-order valence-corrected chi connectivity index (χ4v) is 5.61. The van der Waals surface area contributed by atoms with Crippen LogP contribution in [0.5, 0.6) is 5.75 Å². The molecule has 8 nitrogen and oxygen atoms in total. The van der Waals surface area contributed by atoms with Crippen molar-refractivity contribution in [2.75, 3.05) is 6.54 Å². The highest BCUT2D eigenvalue weighted by atomic mass is 16.5. The first-order valence-electron chi connectivity index (χ1n) is 13.0. The van der Waals surface area contributed by atoms with Crippen LogP contribution in [-0.4, -0.2) is 88.8 Å². The van der Waals surface area contributed by atoms with Crippen molar-refractivity contribution in [2.45, 2.75) is 55.9 Å². The van der Waals surface area contributed by atoms with Gasteiger partial charge in [-0.15, -0.1) is 0 Å². The highest BCUT2D eigenvalue weighted by Crippen LogP contribution is 2.34. The average Bonchev–Trinajstić information content (AvgIpc) is 3.18. The van der Waals surface area contributed by atoms with E-state index in [1.807, 2.05) is 6.07 Å². The zero-order valence-electron chi connectivity index (χ0n) is 22.0. The van der Waals surface area contributed by atoms with Crippen molar-refractivity contribution < 1.29 is 23.9 Å². The molecule has 0 spiro atoms. The largest absolute Gasteiger partial charge is 0.489 e. The summed E-state index contributed by atoms with van der Waals surface area (Å²) in [6.45, 7) is 2.44. The predicted molar refractivity (Wildman–Crippen MR) is 149 cm³/mol. The smallest absolute Gasteiger partial charge is 0.255 e. The summed E-state index contributed by atoms with van der Waals surface area (Å²) >= 11 is 0. The van der Waals surface area contributed by atoms with Crippen LogP contribution >= 0.6 is 0 Å². The lowest BCUT2D eigenvalue weighted by molar-refractivity contribution is -0.136. The van der Waals surface area contributed by atoms with Crippen LogP contribution in [0.1, 0.15) is 39.9 Å². The van der Waals surface area contributed by atoms with Crippen molar-refractivity contribution in [3.05, 3.63) is 64.7 Å². The third-order valence-corrected chi connectivity index (χ3v) is 7.89. The van der Waals surface area contributed by atoms with Gasteiger partial charge in [-0.2, -0.15) is 0 Å². The lowest BCUT2D eigenvalue weighted by Crippen LogP contribution is -2.63. The normalized spacial score (nSPS) is 25.6. The van der Waals surface area contributed by atoms with Gasteiger partial charge in [0, 0.05) is 42.0 Å². The number of rotatable bonds is 6. The van der Waals surface area contributed by atoms with Gasteiger partial charge in [0.2, 0.25) is 11.8 Å². The molecule has 1 N–H and O–H groups in total. The molecule has 0 radical (unpaired) electrons. The SMILES string of the molecule is BC1CN(Cc2ccc(COc3cccc4c3CN(C3CCC(=O)NC3=O)C4=O)cc2)C(B)C(B)(B)O1. The van der Waals surface area contributed by atoms with Gasteiger partial charge in [0.1, 0.15) is 49.8 Å². The Morgan fingerprint density at radius 1 is 1.05 bits per heavy atom. The van der Waals surface area contributed by atoms with Crippen molar-refractivity contribution >= 4 is 49.1 Å². The monoisotopic (exact) mass is 497 g/mol. The molecule has 3 atom stereocenters. The lowest BCUT2D eigenvalue weighted by atomic mass is 9.53. The molecular formula is C25H31B4N3O5. The number of ether oxygens (including phenoxy) is 2. The Balaban J connectivity index is 1.22. The number of piperidine rings is 1. The predicted octanol–water partition coefficient (Wildman–Crippen LogP) is -2.30. The van der Waals surface area contributed by atoms with Gasteiger partial charge in [0.15, 0.2) is 0 Å². The Kier molecular flexibility index (Phi) is 6.98. The zero-order valence-corrected chi connectivity index (χ0v) is 22.0. The molecule has 3 aliphatic rings. The fourth-order valence-electron chi connectivity index (χ4n) is 5.61. The number of imide groups is 1. The summed E-state index contributed by atoms with van der Waals surface area (Å²) in [5.74, 6) is 0.0503. The van der Waals surface area contributed by atoms with Crippen molar-refractivity contribution in [3.8, 4) is 5.75 Å². The molecule has 2 fully saturated rings. The Morgan fingerprint density at radius 3 is 2.51 bits per heavy atom. The van der Waals surface area contributed by atoms with E-state index in [1.54, 1.807) is 17.0 Å². The minimum Gasteiger partial charge on any atom is -0.489 e. The second-order valence-corrected chi connectivity index (χ2v) is 10.9. The highest BCUT2D eigenvalue weighted by molar-refractivity contribution is 6.43. The Labute approximate surface area is 221 Å². The molecule has 0 aliphatic carbocycles.